The van der Waals surface area contributed by atoms with Crippen LogP contribution in [0.2, 0.25) is 5.02 Å². The van der Waals surface area contributed by atoms with Crippen molar-refractivity contribution < 1.29 is 9.47 Å². The molecule has 0 aliphatic carbocycles. The first kappa shape index (κ1) is 14.4. The standard InChI is InChI=1S/C15H15ClN2O2S/c16-11-3-5-15(17)18-12(11)9-21-10-2-4-13-14(8-10)20-7-1-6-19-13/h2-5,8H,1,6-7,9H2,(H2,17,18). The first-order valence-electron chi connectivity index (χ1n) is 6.66. The van der Waals surface area contributed by atoms with Gasteiger partial charge in [-0.3, -0.25) is 0 Å². The number of nitrogen functional groups attached to an aromatic ring is 1. The quantitative estimate of drug-likeness (QED) is 0.872. The minimum atomic E-state index is 0.480. The number of halogens is 1. The number of hydrogen-bond acceptors (Lipinski definition) is 5. The van der Waals surface area contributed by atoms with Gasteiger partial charge >= 0.3 is 0 Å². The molecule has 0 fully saturated rings. The molecule has 1 aromatic carbocycles. The fourth-order valence-electron chi connectivity index (χ4n) is 1.99. The molecule has 2 heterocycles. The molecule has 3 rings (SSSR count). The average Bonchev–Trinajstić information content (AvgIpc) is 2.73. The molecule has 0 unspecified atom stereocenters. The van der Waals surface area contributed by atoms with E-state index in [0.717, 1.165) is 28.5 Å². The molecule has 1 aliphatic heterocycles. The first-order valence-corrected chi connectivity index (χ1v) is 8.02. The summed E-state index contributed by atoms with van der Waals surface area (Å²) in [7, 11) is 0. The number of nitrogens with zero attached hydrogens (tertiary/aromatic N) is 1. The van der Waals surface area contributed by atoms with Crippen LogP contribution >= 0.6 is 23.4 Å². The molecule has 21 heavy (non-hydrogen) atoms. The predicted octanol–water partition coefficient (Wildman–Crippen LogP) is 3.77. The molecule has 2 aromatic rings. The zero-order valence-corrected chi connectivity index (χ0v) is 12.9. The molecule has 0 saturated carbocycles. The molecule has 4 nitrogen and oxygen atoms in total. The molecular weight excluding hydrogens is 308 g/mol. The van der Waals surface area contributed by atoms with E-state index in [9.17, 15) is 0 Å². The number of nitrogens with two attached hydrogens (primary N) is 1. The van der Waals surface area contributed by atoms with Crippen molar-refractivity contribution in [1.29, 1.82) is 0 Å². The van der Waals surface area contributed by atoms with E-state index < -0.39 is 0 Å². The van der Waals surface area contributed by atoms with Crippen LogP contribution in [0, 0.1) is 0 Å². The van der Waals surface area contributed by atoms with E-state index in [1.54, 1.807) is 23.9 Å². The van der Waals surface area contributed by atoms with Crippen LogP contribution in [0.15, 0.2) is 35.2 Å². The van der Waals surface area contributed by atoms with Crippen LogP contribution in [0.25, 0.3) is 0 Å². The van der Waals surface area contributed by atoms with Crippen LogP contribution < -0.4 is 15.2 Å². The Hall–Kier alpha value is -1.59. The van der Waals surface area contributed by atoms with Crippen molar-refractivity contribution in [1.82, 2.24) is 4.98 Å². The SMILES string of the molecule is Nc1ccc(Cl)c(CSc2ccc3c(c2)OCCCO3)n1. The Morgan fingerprint density at radius 3 is 2.81 bits per heavy atom. The zero-order chi connectivity index (χ0) is 14.7. The second-order valence-corrected chi connectivity index (χ2v) is 6.07. The predicted molar refractivity (Wildman–Crippen MR) is 85.3 cm³/mol. The Morgan fingerprint density at radius 2 is 1.95 bits per heavy atom. The second-order valence-electron chi connectivity index (χ2n) is 4.61. The summed E-state index contributed by atoms with van der Waals surface area (Å²) in [4.78, 5) is 5.34. The summed E-state index contributed by atoms with van der Waals surface area (Å²) in [5, 5.41) is 0.631. The van der Waals surface area contributed by atoms with Gasteiger partial charge in [0.1, 0.15) is 5.82 Å². The molecule has 0 atom stereocenters. The van der Waals surface area contributed by atoms with E-state index in [1.807, 2.05) is 18.2 Å². The van der Waals surface area contributed by atoms with Crippen LogP contribution in [-0.2, 0) is 5.75 Å². The van der Waals surface area contributed by atoms with Gasteiger partial charge in [-0.05, 0) is 30.3 Å². The normalized spacial score (nSPS) is 13.8. The van der Waals surface area contributed by atoms with E-state index in [0.29, 0.717) is 29.8 Å². The van der Waals surface area contributed by atoms with Gasteiger partial charge < -0.3 is 15.2 Å². The van der Waals surface area contributed by atoms with Crippen molar-refractivity contribution in [3.8, 4) is 11.5 Å². The van der Waals surface area contributed by atoms with Gasteiger partial charge in [0, 0.05) is 17.1 Å². The van der Waals surface area contributed by atoms with Gasteiger partial charge in [0.25, 0.3) is 0 Å². The third kappa shape index (κ3) is 3.54. The highest BCUT2D eigenvalue weighted by Crippen LogP contribution is 2.35. The van der Waals surface area contributed by atoms with Gasteiger partial charge in [0.2, 0.25) is 0 Å². The lowest BCUT2D eigenvalue weighted by atomic mass is 10.3. The smallest absolute Gasteiger partial charge is 0.162 e. The number of ether oxygens (including phenoxy) is 2. The van der Waals surface area contributed by atoms with Crippen LogP contribution in [-0.4, -0.2) is 18.2 Å². The molecule has 1 aliphatic rings. The van der Waals surface area contributed by atoms with Gasteiger partial charge in [-0.15, -0.1) is 11.8 Å². The number of hydrogen-bond donors (Lipinski definition) is 1. The van der Waals surface area contributed by atoms with E-state index in [1.165, 1.54) is 0 Å². The minimum absolute atomic E-state index is 0.480. The van der Waals surface area contributed by atoms with E-state index in [2.05, 4.69) is 4.98 Å². The van der Waals surface area contributed by atoms with E-state index in [-0.39, 0.29) is 0 Å². The number of thioether (sulfide) groups is 1. The van der Waals surface area contributed by atoms with E-state index >= 15 is 0 Å². The average molecular weight is 323 g/mol. The molecule has 6 heteroatoms. The van der Waals surface area contributed by atoms with Crippen molar-refractivity contribution >= 4 is 29.2 Å². The van der Waals surface area contributed by atoms with E-state index in [4.69, 9.17) is 26.8 Å². The zero-order valence-electron chi connectivity index (χ0n) is 11.3. The highest BCUT2D eigenvalue weighted by atomic mass is 35.5. The summed E-state index contributed by atoms with van der Waals surface area (Å²) in [6.07, 6.45) is 0.903. The Morgan fingerprint density at radius 1 is 1.14 bits per heavy atom. The fourth-order valence-corrected chi connectivity index (χ4v) is 3.12. The first-order chi connectivity index (χ1) is 10.2. The van der Waals surface area contributed by atoms with Crippen molar-refractivity contribution in [3.05, 3.63) is 41.0 Å². The van der Waals surface area contributed by atoms with Gasteiger partial charge in [-0.25, -0.2) is 4.98 Å². The molecule has 0 bridgehead atoms. The molecule has 0 radical (unpaired) electrons. The lowest BCUT2D eigenvalue weighted by molar-refractivity contribution is 0.297. The molecule has 1 aromatic heterocycles. The van der Waals surface area contributed by atoms with Crippen molar-refractivity contribution in [3.63, 3.8) is 0 Å². The Labute approximate surface area is 132 Å². The molecule has 110 valence electrons. The number of fused-ring (bicyclic) bond motifs is 1. The largest absolute Gasteiger partial charge is 0.490 e. The number of aromatic nitrogens is 1. The summed E-state index contributed by atoms with van der Waals surface area (Å²) < 4.78 is 11.3. The summed E-state index contributed by atoms with van der Waals surface area (Å²) in [6.45, 7) is 1.38. The molecule has 0 amide bonds. The van der Waals surface area contributed by atoms with Crippen LogP contribution in [0.4, 0.5) is 5.82 Å². The maximum absolute atomic E-state index is 6.12. The number of benzene rings is 1. The summed E-state index contributed by atoms with van der Waals surface area (Å²) in [6, 6.07) is 9.42. The van der Waals surface area contributed by atoms with Crippen molar-refractivity contribution in [2.24, 2.45) is 0 Å². The number of anilines is 1. The Kier molecular flexibility index (Phi) is 4.41. The molecule has 0 saturated heterocycles. The Bertz CT molecular complexity index is 652. The van der Waals surface area contributed by atoms with Crippen LogP contribution in [0.1, 0.15) is 12.1 Å². The van der Waals surface area contributed by atoms with Gasteiger partial charge in [0.05, 0.1) is 23.9 Å². The molecule has 2 N–H and O–H groups in total. The van der Waals surface area contributed by atoms with Crippen molar-refractivity contribution in [2.45, 2.75) is 17.1 Å². The Balaban J connectivity index is 1.73. The summed E-state index contributed by atoms with van der Waals surface area (Å²) >= 11 is 7.76. The third-order valence-corrected chi connectivity index (χ3v) is 4.38. The highest BCUT2D eigenvalue weighted by Gasteiger charge is 2.11. The monoisotopic (exact) mass is 322 g/mol. The van der Waals surface area contributed by atoms with Gasteiger partial charge in [0.15, 0.2) is 11.5 Å². The second kappa shape index (κ2) is 6.45. The number of rotatable bonds is 3. The topological polar surface area (TPSA) is 57.4 Å². The maximum atomic E-state index is 6.12. The molecular formula is C15H15ClN2O2S. The van der Waals surface area contributed by atoms with Crippen LogP contribution in [0.5, 0.6) is 11.5 Å². The lowest BCUT2D eigenvalue weighted by Gasteiger charge is -2.09. The molecule has 0 spiro atoms. The van der Waals surface area contributed by atoms with Crippen molar-refractivity contribution in [2.75, 3.05) is 18.9 Å². The number of pyridine rings is 1. The highest BCUT2D eigenvalue weighted by molar-refractivity contribution is 7.98. The third-order valence-electron chi connectivity index (χ3n) is 3.03. The maximum Gasteiger partial charge on any atom is 0.162 e. The summed E-state index contributed by atoms with van der Waals surface area (Å²) in [5.74, 6) is 2.73. The minimum Gasteiger partial charge on any atom is -0.490 e. The van der Waals surface area contributed by atoms with Gasteiger partial charge in [-0.1, -0.05) is 11.6 Å². The lowest BCUT2D eigenvalue weighted by Crippen LogP contribution is -1.97. The fraction of sp³-hybridized carbons (Fsp3) is 0.267. The summed E-state index contributed by atoms with van der Waals surface area (Å²) in [5.41, 5.74) is 6.48. The van der Waals surface area contributed by atoms with Gasteiger partial charge in [-0.2, -0.15) is 0 Å². The van der Waals surface area contributed by atoms with Crippen LogP contribution in [0.3, 0.4) is 0 Å².